The van der Waals surface area contributed by atoms with Gasteiger partial charge in [0.15, 0.2) is 10.9 Å². The number of ether oxygens (including phenoxy) is 1. The third kappa shape index (κ3) is 4.46. The number of carbonyl (C=O) groups excluding carboxylic acids is 1. The van der Waals surface area contributed by atoms with E-state index in [1.165, 1.54) is 12.0 Å². The lowest BCUT2D eigenvalue weighted by molar-refractivity contribution is 0.0601. The molecule has 6 nitrogen and oxygen atoms in total. The highest BCUT2D eigenvalue weighted by atomic mass is 35.5. The van der Waals surface area contributed by atoms with Gasteiger partial charge < -0.3 is 15.4 Å². The molecule has 1 aromatic carbocycles. The smallest absolute Gasteiger partial charge is 0.341 e. The van der Waals surface area contributed by atoms with Crippen molar-refractivity contribution in [1.82, 2.24) is 9.78 Å². The van der Waals surface area contributed by atoms with Crippen LogP contribution in [0.25, 0.3) is 0 Å². The first-order valence-corrected chi connectivity index (χ1v) is 11.2. The number of nitrogens with one attached hydrogen (secondary N) is 2. The summed E-state index contributed by atoms with van der Waals surface area (Å²) in [6.07, 6.45) is 4.76. The number of thiophene rings is 1. The van der Waals surface area contributed by atoms with Gasteiger partial charge in [0.2, 0.25) is 0 Å². The Morgan fingerprint density at radius 3 is 2.87 bits per heavy atom. The van der Waals surface area contributed by atoms with E-state index in [1.807, 2.05) is 24.4 Å². The number of anilines is 2. The number of aryl methyl sites for hydroxylation is 1. The van der Waals surface area contributed by atoms with Gasteiger partial charge in [0.1, 0.15) is 5.00 Å². The molecule has 1 aliphatic rings. The number of hydrogen-bond acceptors (Lipinski definition) is 5. The summed E-state index contributed by atoms with van der Waals surface area (Å²) in [6, 6.07) is 7.30. The summed E-state index contributed by atoms with van der Waals surface area (Å²) in [4.78, 5) is 13.5. The Morgan fingerprint density at radius 2 is 2.10 bits per heavy atom. The second-order valence-electron chi connectivity index (χ2n) is 6.78. The zero-order valence-corrected chi connectivity index (χ0v) is 19.1. The molecule has 10 heteroatoms. The number of esters is 1. The van der Waals surface area contributed by atoms with E-state index in [4.69, 9.17) is 40.2 Å². The number of halogens is 2. The Morgan fingerprint density at radius 1 is 1.27 bits per heavy atom. The summed E-state index contributed by atoms with van der Waals surface area (Å²) in [6.45, 7) is 0.545. The van der Waals surface area contributed by atoms with Crippen LogP contribution in [-0.4, -0.2) is 28.0 Å². The quantitative estimate of drug-likeness (QED) is 0.377. The molecular formula is C20H18Cl2N4O2S2. The number of benzene rings is 1. The molecule has 0 amide bonds. The normalized spacial score (nSPS) is 12.5. The van der Waals surface area contributed by atoms with E-state index in [1.54, 1.807) is 22.1 Å². The Balaban J connectivity index is 1.43. The SMILES string of the molecule is COC(=O)c1c(NC(=S)Nc2ccn(Cc3ccc(Cl)c(Cl)c3)n2)sc2c1CCC2. The lowest BCUT2D eigenvalue weighted by atomic mass is 10.1. The molecule has 0 bridgehead atoms. The van der Waals surface area contributed by atoms with Crippen LogP contribution in [0.4, 0.5) is 10.8 Å². The monoisotopic (exact) mass is 480 g/mol. The van der Waals surface area contributed by atoms with Crippen molar-refractivity contribution in [3.05, 3.63) is 62.1 Å². The minimum atomic E-state index is -0.342. The molecule has 0 saturated carbocycles. The molecule has 2 heterocycles. The fourth-order valence-electron chi connectivity index (χ4n) is 3.40. The third-order valence-corrected chi connectivity index (χ3v) is 6.90. The highest BCUT2D eigenvalue weighted by molar-refractivity contribution is 7.80. The van der Waals surface area contributed by atoms with E-state index in [2.05, 4.69) is 15.7 Å². The molecule has 1 aliphatic carbocycles. The number of fused-ring (bicyclic) bond motifs is 1. The number of thiocarbonyl (C=S) groups is 1. The number of aromatic nitrogens is 2. The molecule has 3 aromatic rings. The molecule has 0 atom stereocenters. The molecular weight excluding hydrogens is 463 g/mol. The summed E-state index contributed by atoms with van der Waals surface area (Å²) in [5.74, 6) is 0.252. The van der Waals surface area contributed by atoms with E-state index in [0.717, 1.165) is 30.4 Å². The Kier molecular flexibility index (Phi) is 6.29. The number of methoxy groups -OCH3 is 1. The van der Waals surface area contributed by atoms with Crippen molar-refractivity contribution in [3.63, 3.8) is 0 Å². The number of carbonyl (C=O) groups is 1. The average molecular weight is 481 g/mol. The Bertz CT molecular complexity index is 1130. The van der Waals surface area contributed by atoms with Gasteiger partial charge in [-0.3, -0.25) is 4.68 Å². The van der Waals surface area contributed by atoms with Crippen LogP contribution in [0.15, 0.2) is 30.5 Å². The molecule has 0 aliphatic heterocycles. The van der Waals surface area contributed by atoms with Crippen molar-refractivity contribution < 1.29 is 9.53 Å². The van der Waals surface area contributed by atoms with Crippen LogP contribution in [0, 0.1) is 0 Å². The highest BCUT2D eigenvalue weighted by Crippen LogP contribution is 2.39. The number of hydrogen-bond donors (Lipinski definition) is 2. The van der Waals surface area contributed by atoms with Gasteiger partial charge in [-0.25, -0.2) is 4.79 Å². The van der Waals surface area contributed by atoms with E-state index in [9.17, 15) is 4.79 Å². The minimum absolute atomic E-state index is 0.342. The predicted molar refractivity (Wildman–Crippen MR) is 125 cm³/mol. The van der Waals surface area contributed by atoms with E-state index >= 15 is 0 Å². The lowest BCUT2D eigenvalue weighted by Crippen LogP contribution is -2.20. The lowest BCUT2D eigenvalue weighted by Gasteiger charge is -2.09. The molecule has 2 N–H and O–H groups in total. The van der Waals surface area contributed by atoms with Crippen LogP contribution in [0.3, 0.4) is 0 Å². The van der Waals surface area contributed by atoms with Gasteiger partial charge in [0.05, 0.1) is 29.3 Å². The second-order valence-corrected chi connectivity index (χ2v) is 9.11. The molecule has 0 saturated heterocycles. The van der Waals surface area contributed by atoms with Crippen molar-refractivity contribution >= 4 is 68.7 Å². The van der Waals surface area contributed by atoms with Crippen molar-refractivity contribution in [3.8, 4) is 0 Å². The fourth-order valence-corrected chi connectivity index (χ4v) is 5.28. The third-order valence-electron chi connectivity index (χ3n) is 4.75. The summed E-state index contributed by atoms with van der Waals surface area (Å²) in [5, 5.41) is 12.8. The predicted octanol–water partition coefficient (Wildman–Crippen LogP) is 5.38. The first-order valence-electron chi connectivity index (χ1n) is 9.23. The van der Waals surface area contributed by atoms with Crippen LogP contribution < -0.4 is 10.6 Å². The van der Waals surface area contributed by atoms with Gasteiger partial charge in [-0.15, -0.1) is 11.3 Å². The molecule has 4 rings (SSSR count). The first-order chi connectivity index (χ1) is 14.4. The van der Waals surface area contributed by atoms with E-state index < -0.39 is 0 Å². The first kappa shape index (κ1) is 21.1. The summed E-state index contributed by atoms with van der Waals surface area (Å²) < 4.78 is 6.73. The van der Waals surface area contributed by atoms with Gasteiger partial charge in [0.25, 0.3) is 0 Å². The van der Waals surface area contributed by atoms with Crippen molar-refractivity contribution in [2.24, 2.45) is 0 Å². The zero-order valence-electron chi connectivity index (χ0n) is 16.0. The average Bonchev–Trinajstić information content (AvgIpc) is 3.41. The van der Waals surface area contributed by atoms with Gasteiger partial charge in [-0.2, -0.15) is 5.10 Å². The largest absolute Gasteiger partial charge is 0.465 e. The molecule has 0 radical (unpaired) electrons. The van der Waals surface area contributed by atoms with Crippen molar-refractivity contribution in [1.29, 1.82) is 0 Å². The van der Waals surface area contributed by atoms with E-state index in [-0.39, 0.29) is 5.97 Å². The molecule has 0 fully saturated rings. The maximum atomic E-state index is 12.3. The van der Waals surface area contributed by atoms with Gasteiger partial charge in [-0.05, 0) is 54.7 Å². The van der Waals surface area contributed by atoms with E-state index in [0.29, 0.717) is 38.1 Å². The van der Waals surface area contributed by atoms with Crippen LogP contribution in [0.1, 0.15) is 32.8 Å². The summed E-state index contributed by atoms with van der Waals surface area (Å²) in [5.41, 5.74) is 2.64. The Labute approximate surface area is 193 Å². The van der Waals surface area contributed by atoms with Crippen molar-refractivity contribution in [2.45, 2.75) is 25.8 Å². The fraction of sp³-hybridized carbons (Fsp3) is 0.250. The van der Waals surface area contributed by atoms with Crippen LogP contribution >= 0.6 is 46.8 Å². The highest BCUT2D eigenvalue weighted by Gasteiger charge is 2.27. The number of nitrogens with zero attached hydrogens (tertiary/aromatic N) is 2. The van der Waals surface area contributed by atoms with Crippen LogP contribution in [-0.2, 0) is 24.1 Å². The molecule has 0 spiro atoms. The Hall–Kier alpha value is -2.13. The summed E-state index contributed by atoms with van der Waals surface area (Å²) >= 11 is 19.0. The van der Waals surface area contributed by atoms with Crippen LogP contribution in [0.5, 0.6) is 0 Å². The number of rotatable bonds is 5. The topological polar surface area (TPSA) is 68.2 Å². The van der Waals surface area contributed by atoms with Crippen LogP contribution in [0.2, 0.25) is 10.0 Å². The maximum Gasteiger partial charge on any atom is 0.341 e. The molecule has 2 aromatic heterocycles. The van der Waals surface area contributed by atoms with Gasteiger partial charge in [-0.1, -0.05) is 29.3 Å². The maximum absolute atomic E-state index is 12.3. The zero-order chi connectivity index (χ0) is 21.3. The minimum Gasteiger partial charge on any atom is -0.465 e. The molecule has 0 unspecified atom stereocenters. The standard InChI is InChI=1S/C20H18Cl2N4O2S2/c1-28-19(27)17-12-3-2-4-15(12)30-18(17)24-20(29)23-16-7-8-26(25-16)10-11-5-6-13(21)14(22)9-11/h5-9H,2-4,10H2,1H3,(H2,23,24,25,29). The van der Waals surface area contributed by atoms with Gasteiger partial charge >= 0.3 is 5.97 Å². The second kappa shape index (κ2) is 8.93. The summed E-state index contributed by atoms with van der Waals surface area (Å²) in [7, 11) is 1.39. The molecule has 156 valence electrons. The van der Waals surface area contributed by atoms with Gasteiger partial charge in [0, 0.05) is 17.1 Å². The molecule has 30 heavy (non-hydrogen) atoms. The van der Waals surface area contributed by atoms with Crippen molar-refractivity contribution in [2.75, 3.05) is 17.7 Å².